The van der Waals surface area contributed by atoms with Crippen molar-refractivity contribution in [1.29, 1.82) is 0 Å². The standard InChI is InChI=1S/C8H13F2NOS/c1-13-6-7(12)11-4-2-8(9,10)3-5-11/h2-6H2,1H3. The van der Waals surface area contributed by atoms with Gasteiger partial charge in [-0.3, -0.25) is 4.79 Å². The Morgan fingerprint density at radius 3 is 2.46 bits per heavy atom. The molecule has 1 aliphatic rings. The van der Waals surface area contributed by atoms with Gasteiger partial charge in [0.25, 0.3) is 5.92 Å². The maximum absolute atomic E-state index is 12.7. The first-order chi connectivity index (χ1) is 6.05. The van der Waals surface area contributed by atoms with Gasteiger partial charge in [-0.15, -0.1) is 0 Å². The van der Waals surface area contributed by atoms with E-state index in [1.807, 2.05) is 6.26 Å². The molecule has 0 aromatic heterocycles. The molecule has 13 heavy (non-hydrogen) atoms. The number of nitrogens with zero attached hydrogens (tertiary/aromatic N) is 1. The lowest BCUT2D eigenvalue weighted by atomic mass is 10.1. The molecule has 0 unspecified atom stereocenters. The van der Waals surface area contributed by atoms with E-state index in [9.17, 15) is 13.6 Å². The lowest BCUT2D eigenvalue weighted by Gasteiger charge is -2.31. The predicted molar refractivity (Wildman–Crippen MR) is 49.1 cm³/mol. The number of alkyl halides is 2. The predicted octanol–water partition coefficient (Wildman–Crippen LogP) is 1.61. The van der Waals surface area contributed by atoms with Gasteiger partial charge >= 0.3 is 0 Å². The summed E-state index contributed by atoms with van der Waals surface area (Å²) in [5.74, 6) is -2.19. The minimum absolute atomic E-state index is 0.0250. The molecule has 5 heteroatoms. The number of carbonyl (C=O) groups is 1. The molecule has 76 valence electrons. The topological polar surface area (TPSA) is 20.3 Å². The van der Waals surface area contributed by atoms with Crippen LogP contribution in [0.4, 0.5) is 8.78 Å². The Balaban J connectivity index is 2.36. The van der Waals surface area contributed by atoms with Gasteiger partial charge in [-0.05, 0) is 6.26 Å². The number of hydrogen-bond donors (Lipinski definition) is 0. The van der Waals surface area contributed by atoms with Crippen LogP contribution in [0.3, 0.4) is 0 Å². The third-order valence-corrected chi connectivity index (χ3v) is 2.65. The minimum atomic E-state index is -2.56. The highest BCUT2D eigenvalue weighted by Gasteiger charge is 2.35. The number of thioether (sulfide) groups is 1. The molecule has 2 nitrogen and oxygen atoms in total. The van der Waals surface area contributed by atoms with Crippen LogP contribution in [0.1, 0.15) is 12.8 Å². The molecule has 0 bridgehead atoms. The van der Waals surface area contributed by atoms with Crippen LogP contribution in [0.5, 0.6) is 0 Å². The van der Waals surface area contributed by atoms with Crippen LogP contribution in [0.2, 0.25) is 0 Å². The number of halogens is 2. The quantitative estimate of drug-likeness (QED) is 0.688. The Hall–Kier alpha value is -0.320. The lowest BCUT2D eigenvalue weighted by Crippen LogP contribution is -2.43. The Morgan fingerprint density at radius 1 is 1.46 bits per heavy atom. The van der Waals surface area contributed by atoms with Crippen molar-refractivity contribution in [2.75, 3.05) is 25.1 Å². The summed E-state index contributed by atoms with van der Waals surface area (Å²) >= 11 is 1.42. The summed E-state index contributed by atoms with van der Waals surface area (Å²) in [5, 5.41) is 0. The first kappa shape index (κ1) is 10.8. The van der Waals surface area contributed by atoms with Crippen molar-refractivity contribution in [2.45, 2.75) is 18.8 Å². The maximum Gasteiger partial charge on any atom is 0.251 e. The highest BCUT2D eigenvalue weighted by Crippen LogP contribution is 2.27. The summed E-state index contributed by atoms with van der Waals surface area (Å²) in [5.41, 5.74) is 0. The number of hydrogen-bond acceptors (Lipinski definition) is 2. The van der Waals surface area contributed by atoms with Crippen LogP contribution in [-0.2, 0) is 4.79 Å². The molecule has 0 aromatic carbocycles. The Morgan fingerprint density at radius 2 is 2.00 bits per heavy atom. The molecule has 1 aliphatic heterocycles. The largest absolute Gasteiger partial charge is 0.342 e. The van der Waals surface area contributed by atoms with E-state index in [4.69, 9.17) is 0 Å². The SMILES string of the molecule is CSCC(=O)N1CCC(F)(F)CC1. The molecule has 0 N–H and O–H groups in total. The lowest BCUT2D eigenvalue weighted by molar-refractivity contribution is -0.134. The zero-order chi connectivity index (χ0) is 9.90. The first-order valence-corrected chi connectivity index (χ1v) is 5.59. The Labute approximate surface area is 80.7 Å². The summed E-state index contributed by atoms with van der Waals surface area (Å²) < 4.78 is 25.4. The molecule has 1 saturated heterocycles. The second kappa shape index (κ2) is 4.26. The van der Waals surface area contributed by atoms with Crippen LogP contribution in [0, 0.1) is 0 Å². The van der Waals surface area contributed by atoms with E-state index in [0.29, 0.717) is 5.75 Å². The van der Waals surface area contributed by atoms with E-state index in [2.05, 4.69) is 0 Å². The van der Waals surface area contributed by atoms with E-state index >= 15 is 0 Å². The van der Waals surface area contributed by atoms with Crippen molar-refractivity contribution in [3.63, 3.8) is 0 Å². The first-order valence-electron chi connectivity index (χ1n) is 4.20. The monoisotopic (exact) mass is 209 g/mol. The molecular weight excluding hydrogens is 196 g/mol. The van der Waals surface area contributed by atoms with E-state index in [1.165, 1.54) is 16.7 Å². The van der Waals surface area contributed by atoms with Crippen LogP contribution >= 0.6 is 11.8 Å². The highest BCUT2D eigenvalue weighted by molar-refractivity contribution is 7.99. The van der Waals surface area contributed by atoms with Gasteiger partial charge in [0.15, 0.2) is 0 Å². The fraction of sp³-hybridized carbons (Fsp3) is 0.875. The van der Waals surface area contributed by atoms with Gasteiger partial charge in [-0.2, -0.15) is 11.8 Å². The molecule has 1 rings (SSSR count). The molecule has 0 radical (unpaired) electrons. The summed E-state index contributed by atoms with van der Waals surface area (Å²) in [6.45, 7) is 0.402. The molecule has 1 heterocycles. The fourth-order valence-electron chi connectivity index (χ4n) is 1.30. The molecule has 0 aliphatic carbocycles. The van der Waals surface area contributed by atoms with Crippen molar-refractivity contribution in [3.05, 3.63) is 0 Å². The Bertz CT molecular complexity index is 189. The zero-order valence-electron chi connectivity index (χ0n) is 7.56. The molecule has 1 fully saturated rings. The third kappa shape index (κ3) is 3.14. The maximum atomic E-state index is 12.7. The molecule has 0 aromatic rings. The number of rotatable bonds is 2. The van der Waals surface area contributed by atoms with Crippen LogP contribution < -0.4 is 0 Å². The van der Waals surface area contributed by atoms with E-state index in [-0.39, 0.29) is 31.8 Å². The summed E-state index contributed by atoms with van der Waals surface area (Å²) in [7, 11) is 0. The summed E-state index contributed by atoms with van der Waals surface area (Å²) in [4.78, 5) is 12.8. The summed E-state index contributed by atoms with van der Waals surface area (Å²) in [6.07, 6.45) is 1.46. The van der Waals surface area contributed by atoms with Crippen molar-refractivity contribution in [3.8, 4) is 0 Å². The Kier molecular flexibility index (Phi) is 3.53. The molecular formula is C8H13F2NOS. The second-order valence-corrected chi connectivity index (χ2v) is 4.04. The van der Waals surface area contributed by atoms with Gasteiger partial charge in [0.2, 0.25) is 5.91 Å². The normalized spacial score (nSPS) is 21.6. The number of carbonyl (C=O) groups excluding carboxylic acids is 1. The van der Waals surface area contributed by atoms with Gasteiger partial charge < -0.3 is 4.90 Å². The van der Waals surface area contributed by atoms with Gasteiger partial charge in [0.05, 0.1) is 5.75 Å². The fourth-order valence-corrected chi connectivity index (χ4v) is 1.73. The minimum Gasteiger partial charge on any atom is -0.342 e. The molecule has 0 atom stereocenters. The van der Waals surface area contributed by atoms with Crippen LogP contribution in [-0.4, -0.2) is 41.8 Å². The average molecular weight is 209 g/mol. The van der Waals surface area contributed by atoms with Crippen LogP contribution in [0.25, 0.3) is 0 Å². The van der Waals surface area contributed by atoms with Crippen molar-refractivity contribution >= 4 is 17.7 Å². The smallest absolute Gasteiger partial charge is 0.251 e. The molecule has 0 saturated carbocycles. The zero-order valence-corrected chi connectivity index (χ0v) is 8.37. The van der Waals surface area contributed by atoms with Crippen LogP contribution in [0.15, 0.2) is 0 Å². The van der Waals surface area contributed by atoms with E-state index < -0.39 is 5.92 Å². The summed E-state index contributed by atoms with van der Waals surface area (Å²) in [6, 6.07) is 0. The van der Waals surface area contributed by atoms with Crippen molar-refractivity contribution in [1.82, 2.24) is 4.90 Å². The van der Waals surface area contributed by atoms with E-state index in [1.54, 1.807) is 0 Å². The van der Waals surface area contributed by atoms with Crippen molar-refractivity contribution < 1.29 is 13.6 Å². The molecule has 1 amide bonds. The second-order valence-electron chi connectivity index (χ2n) is 3.17. The highest BCUT2D eigenvalue weighted by atomic mass is 32.2. The number of likely N-dealkylation sites (tertiary alicyclic amines) is 1. The average Bonchev–Trinajstić information content (AvgIpc) is 2.04. The van der Waals surface area contributed by atoms with Gasteiger partial charge in [-0.25, -0.2) is 8.78 Å². The van der Waals surface area contributed by atoms with Gasteiger partial charge in [0, 0.05) is 25.9 Å². The van der Waals surface area contributed by atoms with Gasteiger partial charge in [-0.1, -0.05) is 0 Å². The third-order valence-electron chi connectivity index (χ3n) is 2.12. The van der Waals surface area contributed by atoms with Gasteiger partial charge in [0.1, 0.15) is 0 Å². The van der Waals surface area contributed by atoms with E-state index in [0.717, 1.165) is 0 Å². The number of piperidine rings is 1. The number of amides is 1. The van der Waals surface area contributed by atoms with Crippen molar-refractivity contribution in [2.24, 2.45) is 0 Å². The molecule has 0 spiro atoms.